The van der Waals surface area contributed by atoms with E-state index in [0.29, 0.717) is 6.54 Å². The number of esters is 1. The van der Waals surface area contributed by atoms with Crippen LogP contribution in [-0.2, 0) is 16.1 Å². The van der Waals surface area contributed by atoms with Gasteiger partial charge in [0.15, 0.2) is 0 Å². The van der Waals surface area contributed by atoms with Crippen molar-refractivity contribution in [2.75, 3.05) is 0 Å². The fraction of sp³-hybridized carbons (Fsp3) is 0.556. The number of carbonyl (C=O) groups is 1. The fourth-order valence-electron chi connectivity index (χ4n) is 1.28. The molecule has 1 rings (SSSR count). The van der Waals surface area contributed by atoms with Crippen LogP contribution < -0.4 is 0 Å². The van der Waals surface area contributed by atoms with Crippen molar-refractivity contribution in [3.63, 3.8) is 0 Å². The monoisotopic (exact) mass is 260 g/mol. The summed E-state index contributed by atoms with van der Waals surface area (Å²) in [6.07, 6.45) is 3.53. The number of nitrogens with zero attached hydrogens (tertiary/aromatic N) is 2. The molecule has 0 aliphatic rings. The lowest BCUT2D eigenvalue weighted by atomic mass is 10.1. The minimum Gasteiger partial charge on any atom is -0.458 e. The second-order valence-corrected chi connectivity index (χ2v) is 4.53. The maximum absolute atomic E-state index is 10.8. The number of carbonyl (C=O) groups excluding carboxylic acids is 1. The minimum absolute atomic E-state index is 0.269. The molecule has 0 aliphatic heterocycles. The topological polar surface area (TPSA) is 44.1 Å². The third-order valence-electron chi connectivity index (χ3n) is 1.59. The van der Waals surface area contributed by atoms with Crippen molar-refractivity contribution >= 4 is 21.9 Å². The molecule has 0 saturated heterocycles. The van der Waals surface area contributed by atoms with E-state index in [2.05, 4.69) is 20.9 Å². The number of aromatic nitrogens is 2. The molecule has 0 atom stereocenters. The predicted octanol–water partition coefficient (Wildman–Crippen LogP) is 1.99. The Kier molecular flexibility index (Phi) is 3.31. The number of halogens is 1. The van der Waals surface area contributed by atoms with E-state index in [4.69, 9.17) is 4.74 Å². The molecule has 0 unspecified atom stereocenters. The first-order valence-corrected chi connectivity index (χ1v) is 5.05. The highest BCUT2D eigenvalue weighted by Gasteiger charge is 2.21. The molecule has 4 nitrogen and oxygen atoms in total. The Morgan fingerprint density at radius 2 is 2.36 bits per heavy atom. The van der Waals surface area contributed by atoms with Crippen LogP contribution in [0.15, 0.2) is 17.1 Å². The molecule has 0 saturated carbocycles. The second-order valence-electron chi connectivity index (χ2n) is 3.72. The standard InChI is InChI=1S/C9H13BrN2O2/c1-7(13)14-9(2,3)5-12-4-8(10)11-6-12/h4,6H,5H2,1-3H3. The van der Waals surface area contributed by atoms with Gasteiger partial charge < -0.3 is 9.30 Å². The summed E-state index contributed by atoms with van der Waals surface area (Å²) in [5.74, 6) is -0.269. The van der Waals surface area contributed by atoms with Crippen molar-refractivity contribution < 1.29 is 9.53 Å². The van der Waals surface area contributed by atoms with Gasteiger partial charge in [-0.15, -0.1) is 0 Å². The third-order valence-corrected chi connectivity index (χ3v) is 1.99. The largest absolute Gasteiger partial charge is 0.458 e. The van der Waals surface area contributed by atoms with E-state index < -0.39 is 5.60 Å². The first kappa shape index (κ1) is 11.2. The number of rotatable bonds is 3. The van der Waals surface area contributed by atoms with Crippen LogP contribution in [-0.4, -0.2) is 21.1 Å². The average Bonchev–Trinajstić information content (AvgIpc) is 2.30. The molecule has 0 N–H and O–H groups in total. The van der Waals surface area contributed by atoms with Gasteiger partial charge in [0, 0.05) is 13.1 Å². The van der Waals surface area contributed by atoms with Gasteiger partial charge >= 0.3 is 5.97 Å². The van der Waals surface area contributed by atoms with Gasteiger partial charge in [-0.25, -0.2) is 4.98 Å². The summed E-state index contributed by atoms with van der Waals surface area (Å²) in [7, 11) is 0. The van der Waals surface area contributed by atoms with Crippen LogP contribution in [0, 0.1) is 0 Å². The Labute approximate surface area is 91.4 Å². The third kappa shape index (κ3) is 3.49. The molecule has 0 bridgehead atoms. The van der Waals surface area contributed by atoms with Gasteiger partial charge in [0.05, 0.1) is 12.9 Å². The molecule has 14 heavy (non-hydrogen) atoms. The molecule has 0 radical (unpaired) electrons. The van der Waals surface area contributed by atoms with Gasteiger partial charge in [0.2, 0.25) is 0 Å². The highest BCUT2D eigenvalue weighted by molar-refractivity contribution is 9.10. The van der Waals surface area contributed by atoms with Crippen LogP contribution in [0.1, 0.15) is 20.8 Å². The van der Waals surface area contributed by atoms with E-state index in [9.17, 15) is 4.79 Å². The zero-order valence-corrected chi connectivity index (χ0v) is 10.0. The van der Waals surface area contributed by atoms with E-state index in [1.165, 1.54) is 6.92 Å². The first-order valence-electron chi connectivity index (χ1n) is 4.26. The molecule has 1 heterocycles. The summed E-state index contributed by atoms with van der Waals surface area (Å²) in [6.45, 7) is 5.72. The first-order chi connectivity index (χ1) is 6.39. The molecule has 0 aliphatic carbocycles. The van der Waals surface area contributed by atoms with Gasteiger partial charge in [0.1, 0.15) is 10.2 Å². The summed E-state index contributed by atoms with van der Waals surface area (Å²) >= 11 is 3.25. The van der Waals surface area contributed by atoms with Crippen LogP contribution in [0.3, 0.4) is 0 Å². The predicted molar refractivity (Wildman–Crippen MR) is 55.8 cm³/mol. The van der Waals surface area contributed by atoms with Gasteiger partial charge in [0.25, 0.3) is 0 Å². The van der Waals surface area contributed by atoms with Crippen molar-refractivity contribution in [3.8, 4) is 0 Å². The molecular weight excluding hydrogens is 248 g/mol. The Bertz CT molecular complexity index is 333. The van der Waals surface area contributed by atoms with E-state index >= 15 is 0 Å². The quantitative estimate of drug-likeness (QED) is 0.781. The van der Waals surface area contributed by atoms with E-state index in [1.54, 1.807) is 6.33 Å². The lowest BCUT2D eigenvalue weighted by Crippen LogP contribution is -2.31. The zero-order valence-electron chi connectivity index (χ0n) is 8.45. The van der Waals surface area contributed by atoms with Crippen LogP contribution >= 0.6 is 15.9 Å². The van der Waals surface area contributed by atoms with E-state index in [1.807, 2.05) is 24.6 Å². The van der Waals surface area contributed by atoms with Crippen molar-refractivity contribution in [3.05, 3.63) is 17.1 Å². The maximum Gasteiger partial charge on any atom is 0.303 e. The lowest BCUT2D eigenvalue weighted by molar-refractivity contribution is -0.154. The SMILES string of the molecule is CC(=O)OC(C)(C)Cn1cnc(Br)c1. The van der Waals surface area contributed by atoms with Gasteiger partial charge in [-0.05, 0) is 29.8 Å². The molecule has 1 aromatic rings. The molecule has 0 aromatic carbocycles. The zero-order chi connectivity index (χ0) is 10.8. The van der Waals surface area contributed by atoms with Gasteiger partial charge in [-0.2, -0.15) is 0 Å². The van der Waals surface area contributed by atoms with Crippen molar-refractivity contribution in [1.82, 2.24) is 9.55 Å². The van der Waals surface area contributed by atoms with Crippen LogP contribution in [0.4, 0.5) is 0 Å². The van der Waals surface area contributed by atoms with Crippen molar-refractivity contribution in [2.24, 2.45) is 0 Å². The number of ether oxygens (including phenoxy) is 1. The molecule has 0 fully saturated rings. The molecule has 1 aromatic heterocycles. The molecule has 5 heteroatoms. The smallest absolute Gasteiger partial charge is 0.303 e. The van der Waals surface area contributed by atoms with Gasteiger partial charge in [-0.1, -0.05) is 0 Å². The molecular formula is C9H13BrN2O2. The number of hydrogen-bond donors (Lipinski definition) is 0. The van der Waals surface area contributed by atoms with Crippen molar-refractivity contribution in [2.45, 2.75) is 32.9 Å². The second kappa shape index (κ2) is 4.13. The summed E-state index contributed by atoms with van der Waals surface area (Å²) < 4.78 is 7.79. The Hall–Kier alpha value is -0.840. The van der Waals surface area contributed by atoms with Crippen LogP contribution in [0.2, 0.25) is 0 Å². The molecule has 0 amide bonds. The normalized spacial score (nSPS) is 11.4. The molecule has 78 valence electrons. The van der Waals surface area contributed by atoms with E-state index in [-0.39, 0.29) is 5.97 Å². The summed E-state index contributed by atoms with van der Waals surface area (Å²) in [4.78, 5) is 14.8. The average molecular weight is 261 g/mol. The van der Waals surface area contributed by atoms with Crippen LogP contribution in [0.25, 0.3) is 0 Å². The van der Waals surface area contributed by atoms with Crippen molar-refractivity contribution in [1.29, 1.82) is 0 Å². The summed E-state index contributed by atoms with van der Waals surface area (Å²) in [5, 5.41) is 0. The summed E-state index contributed by atoms with van der Waals surface area (Å²) in [5.41, 5.74) is -0.508. The highest BCUT2D eigenvalue weighted by atomic mass is 79.9. The van der Waals surface area contributed by atoms with E-state index in [0.717, 1.165) is 4.60 Å². The molecule has 0 spiro atoms. The number of hydrogen-bond acceptors (Lipinski definition) is 3. The maximum atomic E-state index is 10.8. The Balaban J connectivity index is 2.63. The number of imidazole rings is 1. The Morgan fingerprint density at radius 3 is 2.79 bits per heavy atom. The lowest BCUT2D eigenvalue weighted by Gasteiger charge is -2.24. The summed E-state index contributed by atoms with van der Waals surface area (Å²) in [6, 6.07) is 0. The highest BCUT2D eigenvalue weighted by Crippen LogP contribution is 2.14. The fourth-order valence-corrected chi connectivity index (χ4v) is 1.63. The Morgan fingerprint density at radius 1 is 1.71 bits per heavy atom. The van der Waals surface area contributed by atoms with Crippen LogP contribution in [0.5, 0.6) is 0 Å². The minimum atomic E-state index is -0.508. The van der Waals surface area contributed by atoms with Gasteiger partial charge in [-0.3, -0.25) is 4.79 Å².